The van der Waals surface area contributed by atoms with Crippen LogP contribution in [0.5, 0.6) is 0 Å². The highest BCUT2D eigenvalue weighted by Gasteiger charge is 1.84. The Hall–Kier alpha value is -0.570. The Balaban J connectivity index is 3.02. The van der Waals surface area contributed by atoms with E-state index in [4.69, 9.17) is 10.6 Å². The lowest BCUT2D eigenvalue weighted by atomic mass is 10.3. The smallest absolute Gasteiger partial charge is 0.118 e. The first-order valence-corrected chi connectivity index (χ1v) is 3.63. The summed E-state index contributed by atoms with van der Waals surface area (Å²) in [6.45, 7) is 5.39. The molecule has 0 aromatic carbocycles. The van der Waals surface area contributed by atoms with E-state index < -0.39 is 0 Å². The highest BCUT2D eigenvalue weighted by molar-refractivity contribution is 5.58. The summed E-state index contributed by atoms with van der Waals surface area (Å²) in [5, 5.41) is 3.73. The number of hydrogen-bond donors (Lipinski definition) is 1. The van der Waals surface area contributed by atoms with Crippen LogP contribution in [0.1, 0.15) is 20.3 Å². The van der Waals surface area contributed by atoms with E-state index >= 15 is 0 Å². The van der Waals surface area contributed by atoms with Gasteiger partial charge in [-0.25, -0.2) is 0 Å². The second-order valence-corrected chi connectivity index (χ2v) is 2.47. The van der Waals surface area contributed by atoms with Gasteiger partial charge in [-0.15, -0.1) is 0 Å². The van der Waals surface area contributed by atoms with E-state index in [1.54, 1.807) is 6.21 Å². The Morgan fingerprint density at radius 2 is 2.30 bits per heavy atom. The van der Waals surface area contributed by atoms with Gasteiger partial charge in [0.1, 0.15) is 6.61 Å². The molecule has 0 aromatic heterocycles. The summed E-state index contributed by atoms with van der Waals surface area (Å²) in [7, 11) is 0. The van der Waals surface area contributed by atoms with Gasteiger partial charge in [0, 0.05) is 6.21 Å². The monoisotopic (exact) mass is 144 g/mol. The Morgan fingerprint density at radius 1 is 1.60 bits per heavy atom. The van der Waals surface area contributed by atoms with Crippen molar-refractivity contribution in [1.82, 2.24) is 0 Å². The highest BCUT2D eigenvalue weighted by Crippen LogP contribution is 1.86. The SMILES string of the molecule is CC(C)C=NOCCCN. The first kappa shape index (κ1) is 9.43. The fraction of sp³-hybridized carbons (Fsp3) is 0.857. The van der Waals surface area contributed by atoms with Crippen LogP contribution in [-0.2, 0) is 4.84 Å². The molecule has 0 heterocycles. The van der Waals surface area contributed by atoms with Crippen molar-refractivity contribution in [2.24, 2.45) is 16.8 Å². The minimum atomic E-state index is 0.456. The highest BCUT2D eigenvalue weighted by atomic mass is 16.6. The van der Waals surface area contributed by atoms with Gasteiger partial charge in [0.25, 0.3) is 0 Å². The summed E-state index contributed by atoms with van der Waals surface area (Å²) >= 11 is 0. The van der Waals surface area contributed by atoms with Crippen molar-refractivity contribution in [1.29, 1.82) is 0 Å². The van der Waals surface area contributed by atoms with Crippen molar-refractivity contribution in [2.45, 2.75) is 20.3 Å². The molecule has 0 aliphatic carbocycles. The maximum Gasteiger partial charge on any atom is 0.118 e. The number of nitrogens with zero attached hydrogens (tertiary/aromatic N) is 1. The van der Waals surface area contributed by atoms with Crippen molar-refractivity contribution in [3.8, 4) is 0 Å². The molecule has 0 radical (unpaired) electrons. The zero-order chi connectivity index (χ0) is 7.82. The van der Waals surface area contributed by atoms with Gasteiger partial charge in [-0.3, -0.25) is 0 Å². The third-order valence-corrected chi connectivity index (χ3v) is 0.873. The third-order valence-electron chi connectivity index (χ3n) is 0.873. The van der Waals surface area contributed by atoms with Crippen LogP contribution in [0.25, 0.3) is 0 Å². The lowest BCUT2D eigenvalue weighted by Crippen LogP contribution is -2.02. The summed E-state index contributed by atoms with van der Waals surface area (Å²) in [4.78, 5) is 4.87. The van der Waals surface area contributed by atoms with Crippen LogP contribution in [0.15, 0.2) is 5.16 Å². The van der Waals surface area contributed by atoms with Crippen LogP contribution in [0.2, 0.25) is 0 Å². The lowest BCUT2D eigenvalue weighted by molar-refractivity contribution is 0.143. The second kappa shape index (κ2) is 6.55. The fourth-order valence-electron chi connectivity index (χ4n) is 0.365. The van der Waals surface area contributed by atoms with Crippen LogP contribution in [-0.4, -0.2) is 19.4 Å². The van der Waals surface area contributed by atoms with Gasteiger partial charge in [-0.2, -0.15) is 0 Å². The molecular formula is C7H16N2O. The van der Waals surface area contributed by atoms with Crippen LogP contribution >= 0.6 is 0 Å². The molecule has 60 valence electrons. The Morgan fingerprint density at radius 3 is 2.80 bits per heavy atom. The van der Waals surface area contributed by atoms with Crippen molar-refractivity contribution in [3.05, 3.63) is 0 Å². The quantitative estimate of drug-likeness (QED) is 0.355. The van der Waals surface area contributed by atoms with Gasteiger partial charge in [-0.1, -0.05) is 19.0 Å². The standard InChI is InChI=1S/C7H16N2O/c1-7(2)6-9-10-5-3-4-8/h6-7H,3-5,8H2,1-2H3. The van der Waals surface area contributed by atoms with E-state index in [0.717, 1.165) is 6.42 Å². The molecule has 0 spiro atoms. The van der Waals surface area contributed by atoms with Gasteiger partial charge in [0.05, 0.1) is 0 Å². The average molecular weight is 144 g/mol. The first-order valence-electron chi connectivity index (χ1n) is 3.63. The minimum Gasteiger partial charge on any atom is -0.396 e. The summed E-state index contributed by atoms with van der Waals surface area (Å²) in [6.07, 6.45) is 2.64. The molecule has 0 saturated heterocycles. The molecular weight excluding hydrogens is 128 g/mol. The zero-order valence-corrected chi connectivity index (χ0v) is 6.71. The molecule has 0 aromatic rings. The predicted octanol–water partition coefficient (Wildman–Crippen LogP) is 0.994. The topological polar surface area (TPSA) is 47.6 Å². The maximum atomic E-state index is 5.24. The van der Waals surface area contributed by atoms with Crippen LogP contribution in [0, 0.1) is 5.92 Å². The summed E-state index contributed by atoms with van der Waals surface area (Å²) in [5.41, 5.74) is 5.24. The van der Waals surface area contributed by atoms with Crippen LogP contribution in [0.4, 0.5) is 0 Å². The summed E-state index contributed by atoms with van der Waals surface area (Å²) in [6, 6.07) is 0. The van der Waals surface area contributed by atoms with Gasteiger partial charge in [-0.05, 0) is 18.9 Å². The van der Waals surface area contributed by atoms with Crippen molar-refractivity contribution in [2.75, 3.05) is 13.2 Å². The molecule has 0 unspecified atom stereocenters. The number of hydrogen-bond acceptors (Lipinski definition) is 3. The third kappa shape index (κ3) is 7.43. The summed E-state index contributed by atoms with van der Waals surface area (Å²) in [5.74, 6) is 0.456. The maximum absolute atomic E-state index is 5.24. The molecule has 2 N–H and O–H groups in total. The van der Waals surface area contributed by atoms with E-state index in [9.17, 15) is 0 Å². The predicted molar refractivity (Wildman–Crippen MR) is 43.0 cm³/mol. The molecule has 0 aliphatic heterocycles. The summed E-state index contributed by atoms with van der Waals surface area (Å²) < 4.78 is 0. The minimum absolute atomic E-state index is 0.456. The molecule has 0 rings (SSSR count). The van der Waals surface area contributed by atoms with Gasteiger partial charge in [0.15, 0.2) is 0 Å². The average Bonchev–Trinajstić information content (AvgIpc) is 1.87. The van der Waals surface area contributed by atoms with E-state index in [-0.39, 0.29) is 0 Å². The molecule has 0 fully saturated rings. The van der Waals surface area contributed by atoms with Crippen molar-refractivity contribution >= 4 is 6.21 Å². The Bertz CT molecular complexity index is 91.6. The van der Waals surface area contributed by atoms with Gasteiger partial charge < -0.3 is 10.6 Å². The van der Waals surface area contributed by atoms with Gasteiger partial charge >= 0.3 is 0 Å². The number of rotatable bonds is 5. The first-order chi connectivity index (χ1) is 4.77. The van der Waals surface area contributed by atoms with E-state index in [1.165, 1.54) is 0 Å². The Labute approximate surface area is 62.2 Å². The van der Waals surface area contributed by atoms with E-state index in [2.05, 4.69) is 19.0 Å². The molecule has 10 heavy (non-hydrogen) atoms. The van der Waals surface area contributed by atoms with Crippen LogP contribution < -0.4 is 5.73 Å². The number of nitrogens with two attached hydrogens (primary N) is 1. The lowest BCUT2D eigenvalue weighted by Gasteiger charge is -1.96. The van der Waals surface area contributed by atoms with Crippen molar-refractivity contribution in [3.63, 3.8) is 0 Å². The molecule has 0 bridgehead atoms. The van der Waals surface area contributed by atoms with Crippen LogP contribution in [0.3, 0.4) is 0 Å². The normalized spacial score (nSPS) is 11.2. The number of oxime groups is 1. The largest absolute Gasteiger partial charge is 0.396 e. The molecule has 0 saturated carbocycles. The van der Waals surface area contributed by atoms with E-state index in [0.29, 0.717) is 19.1 Å². The molecule has 0 atom stereocenters. The van der Waals surface area contributed by atoms with E-state index in [1.807, 2.05) is 0 Å². The molecule has 3 heteroatoms. The second-order valence-electron chi connectivity index (χ2n) is 2.47. The molecule has 3 nitrogen and oxygen atoms in total. The fourth-order valence-corrected chi connectivity index (χ4v) is 0.365. The van der Waals surface area contributed by atoms with Gasteiger partial charge in [0.2, 0.25) is 0 Å². The molecule has 0 amide bonds. The zero-order valence-electron chi connectivity index (χ0n) is 6.71. The Kier molecular flexibility index (Phi) is 6.18. The molecule has 0 aliphatic rings. The van der Waals surface area contributed by atoms with Crippen molar-refractivity contribution < 1.29 is 4.84 Å².